The first-order valence-electron chi connectivity index (χ1n) is 7.20. The zero-order chi connectivity index (χ0) is 15.4. The van der Waals surface area contributed by atoms with Gasteiger partial charge in [-0.25, -0.2) is 4.79 Å². The maximum absolute atomic E-state index is 12.1. The Kier molecular flexibility index (Phi) is 3.69. The van der Waals surface area contributed by atoms with Gasteiger partial charge < -0.3 is 19.3 Å². The summed E-state index contributed by atoms with van der Waals surface area (Å²) in [6.07, 6.45) is -3.41. The van der Waals surface area contributed by atoms with E-state index in [0.717, 1.165) is 0 Å². The van der Waals surface area contributed by atoms with Crippen LogP contribution in [0.2, 0.25) is 0 Å². The molecule has 1 saturated heterocycles. The summed E-state index contributed by atoms with van der Waals surface area (Å²) in [7, 11) is -1.54. The van der Waals surface area contributed by atoms with Crippen molar-refractivity contribution in [3.63, 3.8) is 0 Å². The van der Waals surface area contributed by atoms with Gasteiger partial charge in [0.1, 0.15) is 12.2 Å². The third-order valence-corrected chi connectivity index (χ3v) is 3.13. The van der Waals surface area contributed by atoms with E-state index in [2.05, 4.69) is 0 Å². The average molecular weight is 269 g/mol. The minimum absolute atomic E-state index is 0.0548. The summed E-state index contributed by atoms with van der Waals surface area (Å²) in [6.45, 7) is 1.71. The van der Waals surface area contributed by atoms with Gasteiger partial charge in [-0.05, 0) is 19.1 Å². The fraction of sp³-hybridized carbons (Fsp3) is 0.500. The fourth-order valence-electron chi connectivity index (χ4n) is 1.96. The van der Waals surface area contributed by atoms with Crippen LogP contribution in [0, 0.1) is 0 Å². The number of carbonyl (C=O) groups is 1. The molecule has 1 aliphatic heterocycles. The fourth-order valence-corrected chi connectivity index (χ4v) is 1.96. The predicted octanol–water partition coefficient (Wildman–Crippen LogP) is 1.01. The Balaban J connectivity index is 2.10. The zero-order valence-corrected chi connectivity index (χ0v) is 10.6. The van der Waals surface area contributed by atoms with Gasteiger partial charge in [0.05, 0.1) is 21.0 Å². The first kappa shape index (κ1) is 11.4. The van der Waals surface area contributed by atoms with Crippen molar-refractivity contribution in [3.05, 3.63) is 35.9 Å². The van der Waals surface area contributed by atoms with E-state index in [1.807, 2.05) is 0 Å². The molecule has 1 aromatic rings. The Morgan fingerprint density at radius 2 is 2.32 bits per heavy atom. The Morgan fingerprint density at radius 1 is 1.58 bits per heavy atom. The molecule has 0 saturated carbocycles. The summed E-state index contributed by atoms with van der Waals surface area (Å²) in [6, 6.07) is 8.39. The van der Waals surface area contributed by atoms with Crippen molar-refractivity contribution in [1.29, 1.82) is 0 Å². The second kappa shape index (κ2) is 6.14. The minimum Gasteiger partial charge on any atom is -0.453 e. The first-order valence-corrected chi connectivity index (χ1v) is 6.04. The summed E-state index contributed by atoms with van der Waals surface area (Å²) < 4.78 is 29.9. The number of esters is 1. The van der Waals surface area contributed by atoms with Gasteiger partial charge in [-0.1, -0.05) is 18.2 Å². The quantitative estimate of drug-likeness (QED) is 0.830. The number of aliphatic hydroxyl groups excluding tert-OH is 1. The SMILES string of the molecule is [2H]C([3H])OC1COC(C)C(O)C1OC(=O)c1ccccc1. The van der Waals surface area contributed by atoms with Gasteiger partial charge in [0.25, 0.3) is 0 Å². The normalized spacial score (nSPS) is 34.0. The molecule has 0 amide bonds. The molecule has 0 radical (unpaired) electrons. The van der Waals surface area contributed by atoms with Crippen LogP contribution in [-0.2, 0) is 14.2 Å². The van der Waals surface area contributed by atoms with Crippen LogP contribution in [0.15, 0.2) is 30.3 Å². The molecule has 2 rings (SSSR count). The van der Waals surface area contributed by atoms with Crippen LogP contribution < -0.4 is 0 Å². The summed E-state index contributed by atoms with van der Waals surface area (Å²) in [4.78, 5) is 12.1. The molecule has 5 atom stereocenters. The minimum atomic E-state index is -1.54. The Bertz CT molecular complexity index is 468. The Morgan fingerprint density at radius 3 is 3.00 bits per heavy atom. The van der Waals surface area contributed by atoms with Gasteiger partial charge in [0, 0.05) is 7.06 Å². The van der Waals surface area contributed by atoms with Crippen LogP contribution in [-0.4, -0.2) is 49.2 Å². The van der Waals surface area contributed by atoms with Gasteiger partial charge >= 0.3 is 5.97 Å². The number of carbonyl (C=O) groups excluding carboxylic acids is 1. The number of benzene rings is 1. The molecule has 19 heavy (non-hydrogen) atoms. The van der Waals surface area contributed by atoms with Crippen LogP contribution in [0.3, 0.4) is 0 Å². The van der Waals surface area contributed by atoms with Gasteiger partial charge in [-0.3, -0.25) is 0 Å². The first-order chi connectivity index (χ1) is 9.99. The number of methoxy groups -OCH3 is 1. The maximum atomic E-state index is 12.1. The smallest absolute Gasteiger partial charge is 0.338 e. The molecule has 1 heterocycles. The molecule has 5 heteroatoms. The highest BCUT2D eigenvalue weighted by molar-refractivity contribution is 5.89. The summed E-state index contributed by atoms with van der Waals surface area (Å²) in [5.41, 5.74) is 0.357. The van der Waals surface area contributed by atoms with Crippen LogP contribution in [0.5, 0.6) is 0 Å². The van der Waals surface area contributed by atoms with Crippen molar-refractivity contribution >= 4 is 5.97 Å². The van der Waals surface area contributed by atoms with E-state index in [0.29, 0.717) is 5.56 Å². The topological polar surface area (TPSA) is 65.0 Å². The summed E-state index contributed by atoms with van der Waals surface area (Å²) >= 11 is 0. The van der Waals surface area contributed by atoms with E-state index in [-0.39, 0.29) is 6.61 Å². The van der Waals surface area contributed by atoms with Crippen LogP contribution in [0.4, 0.5) is 0 Å². The molecule has 104 valence electrons. The Hall–Kier alpha value is -1.43. The highest BCUT2D eigenvalue weighted by Crippen LogP contribution is 2.21. The molecular weight excluding hydrogens is 248 g/mol. The van der Waals surface area contributed by atoms with Crippen molar-refractivity contribution in [2.45, 2.75) is 31.3 Å². The maximum Gasteiger partial charge on any atom is 0.338 e. The second-order valence-electron chi connectivity index (χ2n) is 4.44. The Labute approximate surface area is 114 Å². The van der Waals surface area contributed by atoms with Crippen molar-refractivity contribution in [2.75, 3.05) is 13.7 Å². The average Bonchev–Trinajstić information content (AvgIpc) is 2.47. The lowest BCUT2D eigenvalue weighted by Crippen LogP contribution is -2.54. The summed E-state index contributed by atoms with van der Waals surface area (Å²) in [5, 5.41) is 10.1. The molecule has 5 unspecified atom stereocenters. The van der Waals surface area contributed by atoms with Crippen molar-refractivity contribution in [3.8, 4) is 0 Å². The van der Waals surface area contributed by atoms with E-state index in [4.69, 9.17) is 17.0 Å². The van der Waals surface area contributed by atoms with Gasteiger partial charge in [0.15, 0.2) is 6.10 Å². The molecule has 1 aliphatic rings. The molecule has 1 aromatic carbocycles. The van der Waals surface area contributed by atoms with Crippen LogP contribution in [0.25, 0.3) is 0 Å². The van der Waals surface area contributed by atoms with Crippen molar-refractivity contribution in [2.24, 2.45) is 0 Å². The lowest BCUT2D eigenvalue weighted by atomic mass is 10.0. The van der Waals surface area contributed by atoms with E-state index < -0.39 is 37.4 Å². The molecular formula is C14H18O5. The van der Waals surface area contributed by atoms with Gasteiger partial charge in [-0.15, -0.1) is 0 Å². The lowest BCUT2D eigenvalue weighted by Gasteiger charge is -2.37. The standard InChI is InChI=1S/C14H18O5/c1-9-12(15)13(11(17-2)8-18-9)19-14(16)10-6-4-3-5-7-10/h3-7,9,11-13,15H,8H2,1-2H3/i2TD. The molecule has 0 spiro atoms. The predicted molar refractivity (Wildman–Crippen MR) is 67.9 cm³/mol. The molecule has 1 N–H and O–H groups in total. The van der Waals surface area contributed by atoms with E-state index in [1.165, 1.54) is 0 Å². The van der Waals surface area contributed by atoms with Gasteiger partial charge in [0.2, 0.25) is 0 Å². The highest BCUT2D eigenvalue weighted by atomic mass is 16.6. The molecule has 0 aliphatic carbocycles. The number of hydrogen-bond acceptors (Lipinski definition) is 5. The monoisotopic (exact) mass is 269 g/mol. The number of rotatable bonds is 3. The van der Waals surface area contributed by atoms with Crippen LogP contribution >= 0.6 is 0 Å². The van der Waals surface area contributed by atoms with Crippen molar-refractivity contribution < 1.29 is 26.9 Å². The number of ether oxygens (including phenoxy) is 3. The largest absolute Gasteiger partial charge is 0.453 e. The lowest BCUT2D eigenvalue weighted by molar-refractivity contribution is -0.190. The van der Waals surface area contributed by atoms with E-state index in [9.17, 15) is 9.90 Å². The molecule has 1 fully saturated rings. The molecule has 0 bridgehead atoms. The number of hydrogen-bond donors (Lipinski definition) is 1. The van der Waals surface area contributed by atoms with E-state index in [1.54, 1.807) is 37.3 Å². The van der Waals surface area contributed by atoms with Crippen molar-refractivity contribution in [1.82, 2.24) is 0 Å². The second-order valence-corrected chi connectivity index (χ2v) is 4.44. The van der Waals surface area contributed by atoms with E-state index >= 15 is 0 Å². The zero-order valence-electron chi connectivity index (χ0n) is 12.6. The summed E-state index contributed by atoms with van der Waals surface area (Å²) in [5.74, 6) is -0.589. The third-order valence-electron chi connectivity index (χ3n) is 3.13. The number of aliphatic hydroxyl groups is 1. The molecule has 0 aromatic heterocycles. The van der Waals surface area contributed by atoms with Gasteiger partial charge in [-0.2, -0.15) is 0 Å². The molecule has 5 nitrogen and oxygen atoms in total. The highest BCUT2D eigenvalue weighted by Gasteiger charge is 2.40. The van der Waals surface area contributed by atoms with Crippen LogP contribution in [0.1, 0.15) is 20.0 Å². The third kappa shape index (κ3) is 3.12.